The van der Waals surface area contributed by atoms with Gasteiger partial charge in [-0.3, -0.25) is 9.89 Å². The van der Waals surface area contributed by atoms with Crippen molar-refractivity contribution < 1.29 is 4.74 Å². The molecule has 0 saturated carbocycles. The van der Waals surface area contributed by atoms with Crippen LogP contribution < -0.4 is 16.0 Å². The van der Waals surface area contributed by atoms with E-state index in [9.17, 15) is 4.79 Å². The van der Waals surface area contributed by atoms with E-state index in [1.165, 1.54) is 22.8 Å². The van der Waals surface area contributed by atoms with Crippen LogP contribution in [-0.4, -0.2) is 19.7 Å². The van der Waals surface area contributed by atoms with Gasteiger partial charge >= 0.3 is 0 Å². The minimum atomic E-state index is -0.457. The molecule has 10 heteroatoms. The summed E-state index contributed by atoms with van der Waals surface area (Å²) in [6.07, 6.45) is 1.55. The number of H-pyrrole nitrogens is 1. The monoisotopic (exact) mass is 426 g/mol. The zero-order valence-corrected chi connectivity index (χ0v) is 16.2. The van der Waals surface area contributed by atoms with Crippen molar-refractivity contribution in [3.05, 3.63) is 80.1 Å². The SMILES string of the molecule is [C-]#[N+]c1cc(Cl)cc(Oc2c(Cl)ccn(Cc3n[nH]c4nc(N)ccc34)c2=O)c1. The van der Waals surface area contributed by atoms with Crippen LogP contribution in [0.3, 0.4) is 0 Å². The standard InChI is InChI=1S/C19H12Cl2N6O2/c1-23-11-6-10(20)7-12(8-11)29-17-14(21)4-5-27(19(17)28)9-15-13-2-3-16(22)24-18(13)26-25-15/h2-8H,9H2,(H3,22,24,25,26). The molecule has 1 aromatic carbocycles. The van der Waals surface area contributed by atoms with Gasteiger partial charge in [0.15, 0.2) is 11.3 Å². The molecule has 4 rings (SSSR count). The maximum Gasteiger partial charge on any atom is 0.295 e. The predicted octanol–water partition coefficient (Wildman–Crippen LogP) is 4.40. The Hall–Kier alpha value is -3.54. The molecule has 0 bridgehead atoms. The van der Waals surface area contributed by atoms with E-state index in [0.29, 0.717) is 22.2 Å². The molecule has 29 heavy (non-hydrogen) atoms. The van der Waals surface area contributed by atoms with Crippen LogP contribution >= 0.6 is 23.2 Å². The molecule has 0 aliphatic heterocycles. The number of nitrogens with one attached hydrogen (secondary N) is 1. The first kappa shape index (κ1) is 18.8. The Bertz CT molecular complexity index is 1340. The fraction of sp³-hybridized carbons (Fsp3) is 0.0526. The summed E-state index contributed by atoms with van der Waals surface area (Å²) in [6.45, 7) is 7.29. The molecule has 0 aliphatic carbocycles. The molecule has 0 aliphatic rings. The first-order chi connectivity index (χ1) is 13.9. The maximum atomic E-state index is 12.9. The molecule has 0 amide bonds. The number of ether oxygens (including phenoxy) is 1. The Morgan fingerprint density at radius 2 is 2.07 bits per heavy atom. The third kappa shape index (κ3) is 3.74. The molecule has 0 atom stereocenters. The third-order valence-electron chi connectivity index (χ3n) is 4.12. The van der Waals surface area contributed by atoms with Crippen LogP contribution in [-0.2, 0) is 6.54 Å². The number of benzene rings is 1. The average Bonchev–Trinajstić information content (AvgIpc) is 3.08. The van der Waals surface area contributed by atoms with Crippen LogP contribution in [0.4, 0.5) is 11.5 Å². The lowest BCUT2D eigenvalue weighted by molar-refractivity contribution is 0.468. The summed E-state index contributed by atoms with van der Waals surface area (Å²) in [4.78, 5) is 20.4. The number of hydrogen-bond acceptors (Lipinski definition) is 5. The van der Waals surface area contributed by atoms with E-state index in [2.05, 4.69) is 20.0 Å². The molecular weight excluding hydrogens is 415 g/mol. The first-order valence-corrected chi connectivity index (χ1v) is 9.04. The number of anilines is 1. The highest BCUT2D eigenvalue weighted by molar-refractivity contribution is 6.32. The molecule has 4 aromatic rings. The van der Waals surface area contributed by atoms with Gasteiger partial charge < -0.3 is 15.0 Å². The molecule has 0 fully saturated rings. The van der Waals surface area contributed by atoms with Crippen molar-refractivity contribution in [2.75, 3.05) is 5.73 Å². The van der Waals surface area contributed by atoms with Crippen molar-refractivity contribution in [2.45, 2.75) is 6.54 Å². The van der Waals surface area contributed by atoms with E-state index in [1.54, 1.807) is 24.4 Å². The van der Waals surface area contributed by atoms with Gasteiger partial charge in [-0.1, -0.05) is 23.2 Å². The molecule has 8 nitrogen and oxygen atoms in total. The highest BCUT2D eigenvalue weighted by Crippen LogP contribution is 2.31. The lowest BCUT2D eigenvalue weighted by Crippen LogP contribution is -2.21. The number of fused-ring (bicyclic) bond motifs is 1. The van der Waals surface area contributed by atoms with Gasteiger partial charge in [0.2, 0.25) is 5.75 Å². The zero-order chi connectivity index (χ0) is 20.5. The normalized spacial score (nSPS) is 10.8. The molecule has 144 valence electrons. The summed E-state index contributed by atoms with van der Waals surface area (Å²) < 4.78 is 7.09. The van der Waals surface area contributed by atoms with Crippen LogP contribution in [0.15, 0.2) is 47.4 Å². The van der Waals surface area contributed by atoms with Crippen LogP contribution in [0.2, 0.25) is 10.0 Å². The van der Waals surface area contributed by atoms with E-state index >= 15 is 0 Å². The van der Waals surface area contributed by atoms with Gasteiger partial charge in [-0.05, 0) is 36.4 Å². The first-order valence-electron chi connectivity index (χ1n) is 8.29. The largest absolute Gasteiger partial charge is 0.451 e. The summed E-state index contributed by atoms with van der Waals surface area (Å²) in [5.74, 6) is 0.534. The number of nitrogen functional groups attached to an aromatic ring is 1. The van der Waals surface area contributed by atoms with E-state index in [-0.39, 0.29) is 28.8 Å². The lowest BCUT2D eigenvalue weighted by Gasteiger charge is -2.11. The number of nitrogens with zero attached hydrogens (tertiary/aromatic N) is 4. The van der Waals surface area contributed by atoms with Crippen molar-refractivity contribution in [2.24, 2.45) is 0 Å². The minimum Gasteiger partial charge on any atom is -0.451 e. The van der Waals surface area contributed by atoms with Crippen molar-refractivity contribution in [3.8, 4) is 11.5 Å². The fourth-order valence-corrected chi connectivity index (χ4v) is 3.19. The predicted molar refractivity (Wildman–Crippen MR) is 111 cm³/mol. The van der Waals surface area contributed by atoms with Crippen molar-refractivity contribution in [1.29, 1.82) is 0 Å². The highest BCUT2D eigenvalue weighted by Gasteiger charge is 2.15. The number of pyridine rings is 2. The Labute approximate surface area is 174 Å². The molecule has 3 aromatic heterocycles. The van der Waals surface area contributed by atoms with E-state index < -0.39 is 5.56 Å². The zero-order valence-electron chi connectivity index (χ0n) is 14.7. The van der Waals surface area contributed by atoms with Crippen LogP contribution in [0.25, 0.3) is 15.9 Å². The van der Waals surface area contributed by atoms with Gasteiger partial charge in [0.1, 0.15) is 11.6 Å². The van der Waals surface area contributed by atoms with E-state index in [0.717, 1.165) is 5.39 Å². The van der Waals surface area contributed by atoms with Gasteiger partial charge in [0, 0.05) is 16.6 Å². The van der Waals surface area contributed by atoms with Crippen LogP contribution in [0.5, 0.6) is 11.5 Å². The van der Waals surface area contributed by atoms with E-state index in [1.807, 2.05) is 0 Å². The molecule has 3 N–H and O–H groups in total. The lowest BCUT2D eigenvalue weighted by atomic mass is 10.2. The van der Waals surface area contributed by atoms with Gasteiger partial charge in [0.05, 0.1) is 23.8 Å². The second-order valence-electron chi connectivity index (χ2n) is 6.09. The Kier molecular flexibility index (Phi) is 4.84. The van der Waals surface area contributed by atoms with Crippen LogP contribution in [0.1, 0.15) is 5.69 Å². The number of halogens is 2. The second-order valence-corrected chi connectivity index (χ2v) is 6.93. The third-order valence-corrected chi connectivity index (χ3v) is 4.64. The number of rotatable bonds is 4. The number of aromatic nitrogens is 4. The molecule has 3 heterocycles. The Balaban J connectivity index is 1.71. The quantitative estimate of drug-likeness (QED) is 0.470. The Morgan fingerprint density at radius 1 is 1.24 bits per heavy atom. The number of aromatic amines is 1. The van der Waals surface area contributed by atoms with E-state index in [4.69, 9.17) is 40.2 Å². The minimum absolute atomic E-state index is 0.0745. The van der Waals surface area contributed by atoms with Crippen molar-refractivity contribution >= 4 is 45.7 Å². The van der Waals surface area contributed by atoms with Gasteiger partial charge in [0.25, 0.3) is 5.56 Å². The van der Waals surface area contributed by atoms with Gasteiger partial charge in [-0.2, -0.15) is 5.10 Å². The summed E-state index contributed by atoms with van der Waals surface area (Å²) >= 11 is 12.2. The molecular formula is C19H12Cl2N6O2. The molecule has 0 unspecified atom stereocenters. The van der Waals surface area contributed by atoms with Gasteiger partial charge in [-0.25, -0.2) is 9.83 Å². The second kappa shape index (κ2) is 7.47. The van der Waals surface area contributed by atoms with Crippen LogP contribution in [0, 0.1) is 6.57 Å². The smallest absolute Gasteiger partial charge is 0.295 e. The van der Waals surface area contributed by atoms with Crippen molar-refractivity contribution in [3.63, 3.8) is 0 Å². The molecule has 0 spiro atoms. The fourth-order valence-electron chi connectivity index (χ4n) is 2.79. The average molecular weight is 427 g/mol. The molecule has 0 saturated heterocycles. The van der Waals surface area contributed by atoms with Gasteiger partial charge in [-0.15, -0.1) is 0 Å². The topological polar surface area (TPSA) is 103 Å². The summed E-state index contributed by atoms with van der Waals surface area (Å²) in [5.41, 5.74) is 6.65. The number of nitrogens with two attached hydrogens (primary N) is 1. The Morgan fingerprint density at radius 3 is 2.86 bits per heavy atom. The van der Waals surface area contributed by atoms with Crippen molar-refractivity contribution in [1.82, 2.24) is 19.7 Å². The number of hydrogen-bond donors (Lipinski definition) is 2. The maximum absolute atomic E-state index is 12.9. The highest BCUT2D eigenvalue weighted by atomic mass is 35.5. The summed E-state index contributed by atoms with van der Waals surface area (Å²) in [7, 11) is 0. The molecule has 0 radical (unpaired) electrons. The summed E-state index contributed by atoms with van der Waals surface area (Å²) in [6, 6.07) is 9.46. The summed E-state index contributed by atoms with van der Waals surface area (Å²) in [5, 5.41) is 8.21.